The molecule has 1 unspecified atom stereocenters. The topological polar surface area (TPSA) is 9.23 Å². The van der Waals surface area contributed by atoms with Gasteiger partial charge in [0.25, 0.3) is 0 Å². The molecule has 0 heterocycles. The summed E-state index contributed by atoms with van der Waals surface area (Å²) in [6, 6.07) is 0. The van der Waals surface area contributed by atoms with Gasteiger partial charge in [-0.15, -0.1) is 0 Å². The molecule has 0 bridgehead atoms. The number of ether oxygens (including phenoxy) is 1. The number of rotatable bonds is 10. The maximum Gasteiger partial charge on any atom is 0.0651 e. The van der Waals surface area contributed by atoms with Crippen LogP contribution in [0.1, 0.15) is 79.6 Å². The molecule has 0 fully saturated rings. The molecule has 1 nitrogen and oxygen atoms in total. The lowest BCUT2D eigenvalue weighted by Gasteiger charge is -2.31. The second kappa shape index (κ2) is 9.04. The fourth-order valence-electron chi connectivity index (χ4n) is 2.09. The quantitative estimate of drug-likeness (QED) is 0.468. The second-order valence-electron chi connectivity index (χ2n) is 5.49. The van der Waals surface area contributed by atoms with Gasteiger partial charge in [0.2, 0.25) is 0 Å². The van der Waals surface area contributed by atoms with E-state index in [1.165, 1.54) is 44.9 Å². The SMILES string of the molecule is CCCCCCCCC(C)C(C)(C)OCC. The molecule has 16 heavy (non-hydrogen) atoms. The summed E-state index contributed by atoms with van der Waals surface area (Å²) in [5.74, 6) is 0.665. The van der Waals surface area contributed by atoms with Gasteiger partial charge in [0.15, 0.2) is 0 Å². The van der Waals surface area contributed by atoms with E-state index in [2.05, 4.69) is 34.6 Å². The predicted molar refractivity (Wildman–Crippen MR) is 72.9 cm³/mol. The van der Waals surface area contributed by atoms with E-state index in [1.807, 2.05) is 0 Å². The maximum absolute atomic E-state index is 5.79. The second-order valence-corrected chi connectivity index (χ2v) is 5.49. The Labute approximate surface area is 103 Å². The molecule has 0 radical (unpaired) electrons. The van der Waals surface area contributed by atoms with Gasteiger partial charge in [-0.3, -0.25) is 0 Å². The molecule has 0 saturated heterocycles. The van der Waals surface area contributed by atoms with Crippen LogP contribution >= 0.6 is 0 Å². The standard InChI is InChI=1S/C15H32O/c1-6-8-9-10-11-12-13-14(3)15(4,5)16-7-2/h14H,6-13H2,1-5H3. The van der Waals surface area contributed by atoms with Gasteiger partial charge in [-0.2, -0.15) is 0 Å². The van der Waals surface area contributed by atoms with Crippen molar-refractivity contribution in [2.45, 2.75) is 85.2 Å². The molecule has 1 atom stereocenters. The van der Waals surface area contributed by atoms with Crippen molar-refractivity contribution in [3.05, 3.63) is 0 Å². The zero-order valence-corrected chi connectivity index (χ0v) is 12.1. The molecule has 0 aliphatic heterocycles. The Hall–Kier alpha value is -0.0400. The molecule has 0 spiro atoms. The number of unbranched alkanes of at least 4 members (excludes halogenated alkanes) is 5. The van der Waals surface area contributed by atoms with E-state index in [0.29, 0.717) is 5.92 Å². The highest BCUT2D eigenvalue weighted by Gasteiger charge is 2.25. The summed E-state index contributed by atoms with van der Waals surface area (Å²) < 4.78 is 5.79. The third-order valence-corrected chi connectivity index (χ3v) is 3.69. The summed E-state index contributed by atoms with van der Waals surface area (Å²) in [6.45, 7) is 11.9. The minimum Gasteiger partial charge on any atom is -0.376 e. The molecule has 0 rings (SSSR count). The van der Waals surface area contributed by atoms with Crippen molar-refractivity contribution in [3.8, 4) is 0 Å². The Morgan fingerprint density at radius 1 is 0.938 bits per heavy atom. The van der Waals surface area contributed by atoms with Crippen molar-refractivity contribution in [2.75, 3.05) is 6.61 Å². The smallest absolute Gasteiger partial charge is 0.0651 e. The zero-order valence-electron chi connectivity index (χ0n) is 12.1. The minimum absolute atomic E-state index is 0.0537. The van der Waals surface area contributed by atoms with E-state index in [4.69, 9.17) is 4.74 Å². The molecule has 0 saturated carbocycles. The van der Waals surface area contributed by atoms with Crippen molar-refractivity contribution in [1.29, 1.82) is 0 Å². The normalized spacial score (nSPS) is 14.1. The van der Waals surface area contributed by atoms with E-state index in [-0.39, 0.29) is 5.60 Å². The fourth-order valence-corrected chi connectivity index (χ4v) is 2.09. The molecule has 0 aliphatic carbocycles. The van der Waals surface area contributed by atoms with Crippen LogP contribution in [-0.2, 0) is 4.74 Å². The first-order chi connectivity index (χ1) is 7.54. The summed E-state index contributed by atoms with van der Waals surface area (Å²) in [5, 5.41) is 0. The van der Waals surface area contributed by atoms with Crippen LogP contribution in [0.4, 0.5) is 0 Å². The van der Waals surface area contributed by atoms with Gasteiger partial charge in [-0.1, -0.05) is 52.4 Å². The van der Waals surface area contributed by atoms with Crippen LogP contribution in [0, 0.1) is 5.92 Å². The molecule has 0 N–H and O–H groups in total. The highest BCUT2D eigenvalue weighted by atomic mass is 16.5. The van der Waals surface area contributed by atoms with Crippen molar-refractivity contribution in [3.63, 3.8) is 0 Å². The van der Waals surface area contributed by atoms with Crippen molar-refractivity contribution in [1.82, 2.24) is 0 Å². The van der Waals surface area contributed by atoms with Crippen LogP contribution in [0.2, 0.25) is 0 Å². The average molecular weight is 228 g/mol. The van der Waals surface area contributed by atoms with E-state index < -0.39 is 0 Å². The highest BCUT2D eigenvalue weighted by Crippen LogP contribution is 2.26. The highest BCUT2D eigenvalue weighted by molar-refractivity contribution is 4.75. The lowest BCUT2D eigenvalue weighted by molar-refractivity contribution is -0.0518. The first-order valence-electron chi connectivity index (χ1n) is 7.18. The Morgan fingerprint density at radius 2 is 1.50 bits per heavy atom. The van der Waals surface area contributed by atoms with Gasteiger partial charge in [-0.05, 0) is 33.1 Å². The van der Waals surface area contributed by atoms with Gasteiger partial charge in [0.1, 0.15) is 0 Å². The fraction of sp³-hybridized carbons (Fsp3) is 1.00. The lowest BCUT2D eigenvalue weighted by Crippen LogP contribution is -2.32. The van der Waals surface area contributed by atoms with Gasteiger partial charge in [0.05, 0.1) is 5.60 Å². The molecular weight excluding hydrogens is 196 g/mol. The van der Waals surface area contributed by atoms with Crippen LogP contribution in [0.5, 0.6) is 0 Å². The zero-order chi connectivity index (χ0) is 12.4. The monoisotopic (exact) mass is 228 g/mol. The molecule has 98 valence electrons. The number of hydrogen-bond acceptors (Lipinski definition) is 1. The van der Waals surface area contributed by atoms with Crippen LogP contribution < -0.4 is 0 Å². The van der Waals surface area contributed by atoms with Crippen LogP contribution in [0.3, 0.4) is 0 Å². The van der Waals surface area contributed by atoms with E-state index in [0.717, 1.165) is 6.61 Å². The molecule has 1 heteroatoms. The third kappa shape index (κ3) is 7.27. The first kappa shape index (κ1) is 16.0. The molecule has 0 aliphatic rings. The predicted octanol–water partition coefficient (Wildman–Crippen LogP) is 5.19. The van der Waals surface area contributed by atoms with Crippen molar-refractivity contribution in [2.24, 2.45) is 5.92 Å². The first-order valence-corrected chi connectivity index (χ1v) is 7.18. The van der Waals surface area contributed by atoms with Gasteiger partial charge < -0.3 is 4.74 Å². The number of hydrogen-bond donors (Lipinski definition) is 0. The van der Waals surface area contributed by atoms with Crippen LogP contribution in [0.25, 0.3) is 0 Å². The summed E-state index contributed by atoms with van der Waals surface area (Å²) in [6.07, 6.45) is 9.64. The van der Waals surface area contributed by atoms with E-state index >= 15 is 0 Å². The van der Waals surface area contributed by atoms with Crippen molar-refractivity contribution < 1.29 is 4.74 Å². The van der Waals surface area contributed by atoms with E-state index in [1.54, 1.807) is 0 Å². The Morgan fingerprint density at radius 3 is 2.06 bits per heavy atom. The molecule has 0 amide bonds. The summed E-state index contributed by atoms with van der Waals surface area (Å²) in [7, 11) is 0. The minimum atomic E-state index is 0.0537. The van der Waals surface area contributed by atoms with Gasteiger partial charge in [-0.25, -0.2) is 0 Å². The maximum atomic E-state index is 5.79. The molecule has 0 aromatic rings. The Balaban J connectivity index is 3.52. The molecule has 0 aromatic carbocycles. The average Bonchev–Trinajstić information content (AvgIpc) is 2.22. The largest absolute Gasteiger partial charge is 0.376 e. The Bertz CT molecular complexity index is 152. The molecular formula is C15H32O. The van der Waals surface area contributed by atoms with Gasteiger partial charge >= 0.3 is 0 Å². The Kier molecular flexibility index (Phi) is 9.02. The van der Waals surface area contributed by atoms with Crippen LogP contribution in [0.15, 0.2) is 0 Å². The van der Waals surface area contributed by atoms with Crippen molar-refractivity contribution >= 4 is 0 Å². The van der Waals surface area contributed by atoms with E-state index in [9.17, 15) is 0 Å². The van der Waals surface area contributed by atoms with Gasteiger partial charge in [0, 0.05) is 6.61 Å². The summed E-state index contributed by atoms with van der Waals surface area (Å²) in [4.78, 5) is 0. The third-order valence-electron chi connectivity index (χ3n) is 3.69. The van der Waals surface area contributed by atoms with Crippen LogP contribution in [-0.4, -0.2) is 12.2 Å². The molecule has 0 aromatic heterocycles. The summed E-state index contributed by atoms with van der Waals surface area (Å²) >= 11 is 0. The summed E-state index contributed by atoms with van der Waals surface area (Å²) in [5.41, 5.74) is 0.0537. The lowest BCUT2D eigenvalue weighted by atomic mass is 9.87.